The number of methoxy groups -OCH3 is 1. The van der Waals surface area contributed by atoms with Gasteiger partial charge in [-0.15, -0.1) is 0 Å². The largest absolute Gasteiger partial charge is 0.481 e. The Morgan fingerprint density at radius 2 is 1.96 bits per heavy atom. The molecule has 0 aromatic carbocycles. The third-order valence-corrected chi connectivity index (χ3v) is 5.35. The first-order valence-electron chi connectivity index (χ1n) is 8.79. The van der Waals surface area contributed by atoms with E-state index >= 15 is 0 Å². The Kier molecular flexibility index (Phi) is 5.86. The number of ether oxygens (including phenoxy) is 2. The summed E-state index contributed by atoms with van der Waals surface area (Å²) in [5.41, 5.74) is 1.27. The highest BCUT2D eigenvalue weighted by Crippen LogP contribution is 2.25. The lowest BCUT2D eigenvalue weighted by molar-refractivity contribution is -0.00192. The van der Waals surface area contributed by atoms with Gasteiger partial charge < -0.3 is 9.47 Å². The molecule has 3 heterocycles. The van der Waals surface area contributed by atoms with Crippen molar-refractivity contribution in [3.63, 3.8) is 0 Å². The second-order valence-electron chi connectivity index (χ2n) is 6.71. The number of pyridine rings is 1. The monoisotopic (exact) mass is 319 g/mol. The van der Waals surface area contributed by atoms with Crippen molar-refractivity contribution in [2.45, 2.75) is 32.4 Å². The standard InChI is InChI=1S/C18H29N3O2/c1-15(21-9-11-23-12-10-21)17-5-7-20(8-6-17)14-16-3-4-18(22-2)19-13-16/h3-4,13,15,17H,5-12,14H2,1-2H3. The summed E-state index contributed by atoms with van der Waals surface area (Å²) in [6.07, 6.45) is 4.52. The minimum atomic E-state index is 0.684. The smallest absolute Gasteiger partial charge is 0.212 e. The van der Waals surface area contributed by atoms with Crippen LogP contribution in [0.2, 0.25) is 0 Å². The summed E-state index contributed by atoms with van der Waals surface area (Å²) >= 11 is 0. The first-order chi connectivity index (χ1) is 11.3. The van der Waals surface area contributed by atoms with Crippen molar-refractivity contribution in [3.05, 3.63) is 23.9 Å². The maximum Gasteiger partial charge on any atom is 0.212 e. The van der Waals surface area contributed by atoms with Gasteiger partial charge in [0.15, 0.2) is 0 Å². The lowest BCUT2D eigenvalue weighted by Gasteiger charge is -2.41. The number of hydrogen-bond donors (Lipinski definition) is 0. The zero-order valence-electron chi connectivity index (χ0n) is 14.4. The zero-order valence-corrected chi connectivity index (χ0v) is 14.4. The molecule has 0 amide bonds. The molecule has 1 unspecified atom stereocenters. The number of piperidine rings is 1. The van der Waals surface area contributed by atoms with E-state index in [9.17, 15) is 0 Å². The summed E-state index contributed by atoms with van der Waals surface area (Å²) in [6.45, 7) is 9.75. The predicted octanol–water partition coefficient (Wildman–Crippen LogP) is 2.02. The van der Waals surface area contributed by atoms with Crippen LogP contribution in [0.15, 0.2) is 18.3 Å². The van der Waals surface area contributed by atoms with Crippen molar-refractivity contribution < 1.29 is 9.47 Å². The van der Waals surface area contributed by atoms with Crippen molar-refractivity contribution in [3.8, 4) is 5.88 Å². The topological polar surface area (TPSA) is 37.8 Å². The van der Waals surface area contributed by atoms with E-state index in [0.29, 0.717) is 11.9 Å². The molecule has 0 bridgehead atoms. The second-order valence-corrected chi connectivity index (χ2v) is 6.71. The van der Waals surface area contributed by atoms with E-state index in [1.165, 1.54) is 31.5 Å². The number of nitrogens with zero attached hydrogens (tertiary/aromatic N) is 3. The maximum atomic E-state index is 5.47. The summed E-state index contributed by atoms with van der Waals surface area (Å²) in [4.78, 5) is 9.46. The van der Waals surface area contributed by atoms with Crippen molar-refractivity contribution in [1.82, 2.24) is 14.8 Å². The Bertz CT molecular complexity index is 466. The van der Waals surface area contributed by atoms with Crippen molar-refractivity contribution >= 4 is 0 Å². The van der Waals surface area contributed by atoms with E-state index in [1.54, 1.807) is 7.11 Å². The third-order valence-electron chi connectivity index (χ3n) is 5.35. The van der Waals surface area contributed by atoms with Gasteiger partial charge in [-0.05, 0) is 44.3 Å². The number of hydrogen-bond acceptors (Lipinski definition) is 5. The molecular weight excluding hydrogens is 290 g/mol. The highest BCUT2D eigenvalue weighted by Gasteiger charge is 2.28. The van der Waals surface area contributed by atoms with E-state index in [2.05, 4.69) is 27.8 Å². The van der Waals surface area contributed by atoms with Crippen LogP contribution in [0.4, 0.5) is 0 Å². The molecule has 23 heavy (non-hydrogen) atoms. The minimum absolute atomic E-state index is 0.684. The quantitative estimate of drug-likeness (QED) is 0.830. The van der Waals surface area contributed by atoms with Crippen LogP contribution >= 0.6 is 0 Å². The highest BCUT2D eigenvalue weighted by molar-refractivity contribution is 5.17. The molecule has 2 aliphatic rings. The van der Waals surface area contributed by atoms with Crippen LogP contribution in [0, 0.1) is 5.92 Å². The molecule has 5 nitrogen and oxygen atoms in total. The number of rotatable bonds is 5. The van der Waals surface area contributed by atoms with Gasteiger partial charge in [-0.3, -0.25) is 9.80 Å². The van der Waals surface area contributed by atoms with Gasteiger partial charge in [0.25, 0.3) is 0 Å². The fourth-order valence-electron chi connectivity index (χ4n) is 3.76. The van der Waals surface area contributed by atoms with E-state index in [-0.39, 0.29) is 0 Å². The van der Waals surface area contributed by atoms with Crippen LogP contribution in [-0.4, -0.2) is 67.3 Å². The molecule has 2 fully saturated rings. The Morgan fingerprint density at radius 3 is 2.57 bits per heavy atom. The average Bonchev–Trinajstić information content (AvgIpc) is 2.63. The van der Waals surface area contributed by atoms with E-state index in [1.807, 2.05) is 12.3 Å². The Balaban J connectivity index is 1.45. The molecule has 1 aromatic rings. The van der Waals surface area contributed by atoms with Gasteiger partial charge in [0.1, 0.15) is 0 Å². The SMILES string of the molecule is COc1ccc(CN2CCC(C(C)N3CCOCC3)CC2)cn1. The number of aromatic nitrogens is 1. The normalized spacial score (nSPS) is 22.9. The van der Waals surface area contributed by atoms with E-state index in [0.717, 1.165) is 38.8 Å². The molecule has 2 saturated heterocycles. The Labute approximate surface area is 139 Å². The van der Waals surface area contributed by atoms with Gasteiger partial charge in [0, 0.05) is 37.9 Å². The third kappa shape index (κ3) is 4.43. The van der Waals surface area contributed by atoms with Gasteiger partial charge in [0.2, 0.25) is 5.88 Å². The van der Waals surface area contributed by atoms with Gasteiger partial charge in [-0.1, -0.05) is 6.07 Å². The molecular formula is C18H29N3O2. The fraction of sp³-hybridized carbons (Fsp3) is 0.722. The summed E-state index contributed by atoms with van der Waals surface area (Å²) in [7, 11) is 1.66. The predicted molar refractivity (Wildman–Crippen MR) is 90.6 cm³/mol. The summed E-state index contributed by atoms with van der Waals surface area (Å²) in [6, 6.07) is 4.75. The molecule has 0 radical (unpaired) electrons. The van der Waals surface area contributed by atoms with Crippen LogP contribution in [0.5, 0.6) is 5.88 Å². The molecule has 5 heteroatoms. The Hall–Kier alpha value is -1.17. The number of likely N-dealkylation sites (tertiary alicyclic amines) is 1. The van der Waals surface area contributed by atoms with Crippen LogP contribution in [-0.2, 0) is 11.3 Å². The number of morpholine rings is 1. The van der Waals surface area contributed by atoms with Crippen molar-refractivity contribution in [1.29, 1.82) is 0 Å². The fourth-order valence-corrected chi connectivity index (χ4v) is 3.76. The average molecular weight is 319 g/mol. The summed E-state index contributed by atoms with van der Waals surface area (Å²) in [5, 5.41) is 0. The van der Waals surface area contributed by atoms with Crippen molar-refractivity contribution in [2.24, 2.45) is 5.92 Å². The minimum Gasteiger partial charge on any atom is -0.481 e. The van der Waals surface area contributed by atoms with Gasteiger partial charge in [0.05, 0.1) is 20.3 Å². The van der Waals surface area contributed by atoms with Crippen LogP contribution in [0.1, 0.15) is 25.3 Å². The molecule has 0 N–H and O–H groups in total. The molecule has 128 valence electrons. The van der Waals surface area contributed by atoms with Gasteiger partial charge in [-0.2, -0.15) is 0 Å². The second kappa shape index (κ2) is 8.08. The highest BCUT2D eigenvalue weighted by atomic mass is 16.5. The molecule has 1 atom stereocenters. The molecule has 0 aliphatic carbocycles. The molecule has 3 rings (SSSR count). The van der Waals surface area contributed by atoms with Gasteiger partial charge in [-0.25, -0.2) is 4.98 Å². The first kappa shape index (κ1) is 16.7. The molecule has 0 spiro atoms. The van der Waals surface area contributed by atoms with Crippen LogP contribution in [0.25, 0.3) is 0 Å². The summed E-state index contributed by atoms with van der Waals surface area (Å²) < 4.78 is 10.6. The van der Waals surface area contributed by atoms with Crippen LogP contribution < -0.4 is 4.74 Å². The van der Waals surface area contributed by atoms with Crippen molar-refractivity contribution in [2.75, 3.05) is 46.5 Å². The maximum absolute atomic E-state index is 5.47. The molecule has 2 aliphatic heterocycles. The molecule has 0 saturated carbocycles. The molecule has 1 aromatic heterocycles. The van der Waals surface area contributed by atoms with E-state index < -0.39 is 0 Å². The zero-order chi connectivity index (χ0) is 16.1. The summed E-state index contributed by atoms with van der Waals surface area (Å²) in [5.74, 6) is 1.50. The Morgan fingerprint density at radius 1 is 1.22 bits per heavy atom. The lowest BCUT2D eigenvalue weighted by atomic mass is 9.89. The lowest BCUT2D eigenvalue weighted by Crippen LogP contribution is -2.48. The first-order valence-corrected chi connectivity index (χ1v) is 8.79. The van der Waals surface area contributed by atoms with Crippen LogP contribution in [0.3, 0.4) is 0 Å². The van der Waals surface area contributed by atoms with Gasteiger partial charge >= 0.3 is 0 Å². The van der Waals surface area contributed by atoms with E-state index in [4.69, 9.17) is 9.47 Å².